The number of nitrogens with zero attached hydrogens (tertiary/aromatic N) is 2. The molecule has 0 fully saturated rings. The number of hydrogen-bond acceptors (Lipinski definition) is 4. The van der Waals surface area contributed by atoms with E-state index >= 15 is 0 Å². The lowest BCUT2D eigenvalue weighted by Gasteiger charge is -2.17. The van der Waals surface area contributed by atoms with E-state index in [1.54, 1.807) is 55.8 Å². The fraction of sp³-hybridized carbons (Fsp3) is 0.107. The number of ether oxygens (including phenoxy) is 1. The first-order valence-corrected chi connectivity index (χ1v) is 10.7. The second-order valence-corrected chi connectivity index (χ2v) is 7.83. The molecular formula is C28H27N3O3. The van der Waals surface area contributed by atoms with E-state index in [1.807, 2.05) is 49.4 Å². The van der Waals surface area contributed by atoms with Gasteiger partial charge in [0.05, 0.1) is 0 Å². The van der Waals surface area contributed by atoms with Crippen LogP contribution >= 0.6 is 0 Å². The molecular weight excluding hydrogens is 426 g/mol. The number of benzene rings is 2. The van der Waals surface area contributed by atoms with Crippen molar-refractivity contribution in [3.8, 4) is 16.9 Å². The minimum atomic E-state index is -0.494. The molecule has 0 aliphatic heterocycles. The lowest BCUT2D eigenvalue weighted by atomic mass is 10.0. The van der Waals surface area contributed by atoms with Crippen LogP contribution < -0.4 is 10.5 Å². The Morgan fingerprint density at radius 1 is 1.03 bits per heavy atom. The van der Waals surface area contributed by atoms with E-state index in [2.05, 4.69) is 11.6 Å². The molecule has 1 aromatic heterocycles. The van der Waals surface area contributed by atoms with E-state index < -0.39 is 12.0 Å². The number of pyridine rings is 1. The number of rotatable bonds is 8. The molecule has 1 heterocycles. The van der Waals surface area contributed by atoms with Gasteiger partial charge in [-0.3, -0.25) is 9.78 Å². The van der Waals surface area contributed by atoms with Crippen molar-refractivity contribution in [1.29, 1.82) is 0 Å². The number of carbonyl (C=O) groups is 2. The van der Waals surface area contributed by atoms with Crippen LogP contribution in [0.5, 0.6) is 5.75 Å². The molecule has 6 nitrogen and oxygen atoms in total. The van der Waals surface area contributed by atoms with Crippen molar-refractivity contribution in [2.75, 3.05) is 13.6 Å². The Labute approximate surface area is 199 Å². The van der Waals surface area contributed by atoms with Crippen LogP contribution in [0.25, 0.3) is 16.7 Å². The lowest BCUT2D eigenvalue weighted by Crippen LogP contribution is -2.31. The van der Waals surface area contributed by atoms with Crippen molar-refractivity contribution in [2.45, 2.75) is 6.92 Å². The van der Waals surface area contributed by atoms with E-state index in [0.29, 0.717) is 17.9 Å². The predicted molar refractivity (Wildman–Crippen MR) is 135 cm³/mol. The van der Waals surface area contributed by atoms with Gasteiger partial charge in [-0.15, -0.1) is 0 Å². The highest BCUT2D eigenvalue weighted by Crippen LogP contribution is 2.25. The van der Waals surface area contributed by atoms with Crippen LogP contribution in [-0.2, 0) is 0 Å². The Bertz CT molecular complexity index is 1250. The molecule has 3 aromatic rings. The summed E-state index contributed by atoms with van der Waals surface area (Å²) in [4.78, 5) is 29.5. The van der Waals surface area contributed by atoms with Gasteiger partial charge in [-0.25, -0.2) is 4.79 Å². The monoisotopic (exact) mass is 453 g/mol. The summed E-state index contributed by atoms with van der Waals surface area (Å²) < 4.78 is 5.55. The molecule has 0 radical (unpaired) electrons. The van der Waals surface area contributed by atoms with E-state index in [-0.39, 0.29) is 0 Å². The van der Waals surface area contributed by atoms with Crippen molar-refractivity contribution in [1.82, 2.24) is 9.88 Å². The molecule has 0 aliphatic rings. The molecule has 0 spiro atoms. The summed E-state index contributed by atoms with van der Waals surface area (Å²) in [7, 11) is 1.68. The third kappa shape index (κ3) is 6.77. The second-order valence-electron chi connectivity index (χ2n) is 7.83. The van der Waals surface area contributed by atoms with Crippen molar-refractivity contribution in [3.63, 3.8) is 0 Å². The van der Waals surface area contributed by atoms with Gasteiger partial charge in [-0.05, 0) is 65.6 Å². The van der Waals surface area contributed by atoms with Crippen LogP contribution in [0.2, 0.25) is 0 Å². The molecule has 172 valence electrons. The zero-order chi connectivity index (χ0) is 24.5. The highest BCUT2D eigenvalue weighted by Gasteiger charge is 2.12. The van der Waals surface area contributed by atoms with E-state index in [9.17, 15) is 9.59 Å². The summed E-state index contributed by atoms with van der Waals surface area (Å²) in [5.41, 5.74) is 10.3. The average molecular weight is 454 g/mol. The summed E-state index contributed by atoms with van der Waals surface area (Å²) in [6.07, 6.45) is 8.73. The number of hydrogen-bond donors (Lipinski definition) is 1. The quantitative estimate of drug-likeness (QED) is 0.457. The first-order valence-electron chi connectivity index (χ1n) is 10.7. The van der Waals surface area contributed by atoms with Crippen molar-refractivity contribution in [2.24, 2.45) is 5.73 Å². The van der Waals surface area contributed by atoms with E-state index in [1.165, 1.54) is 4.90 Å². The van der Waals surface area contributed by atoms with Gasteiger partial charge in [0.2, 0.25) is 5.91 Å². The van der Waals surface area contributed by atoms with Gasteiger partial charge < -0.3 is 15.4 Å². The summed E-state index contributed by atoms with van der Waals surface area (Å²) in [6.45, 7) is 6.40. The molecule has 0 atom stereocenters. The fourth-order valence-electron chi connectivity index (χ4n) is 3.25. The number of amides is 2. The van der Waals surface area contributed by atoms with E-state index in [4.69, 9.17) is 10.5 Å². The highest BCUT2D eigenvalue weighted by molar-refractivity contribution is 5.94. The normalized spacial score (nSPS) is 11.3. The molecule has 34 heavy (non-hydrogen) atoms. The molecule has 0 saturated heterocycles. The Kier molecular flexibility index (Phi) is 8.13. The number of carbonyl (C=O) groups excluding carboxylic acids is 2. The summed E-state index contributed by atoms with van der Waals surface area (Å²) >= 11 is 0. The van der Waals surface area contributed by atoms with Crippen molar-refractivity contribution >= 4 is 17.6 Å². The molecule has 0 saturated carbocycles. The van der Waals surface area contributed by atoms with Crippen molar-refractivity contribution < 1.29 is 14.3 Å². The molecule has 6 heteroatoms. The molecule has 2 amide bonds. The third-order valence-electron chi connectivity index (χ3n) is 5.05. The van der Waals surface area contributed by atoms with Gasteiger partial charge in [0.25, 0.3) is 0 Å². The number of nitrogens with two attached hydrogens (primary N) is 1. The third-order valence-corrected chi connectivity index (χ3v) is 5.05. The molecule has 0 aliphatic carbocycles. The van der Waals surface area contributed by atoms with Gasteiger partial charge in [0, 0.05) is 31.5 Å². The van der Waals surface area contributed by atoms with Crippen LogP contribution in [-0.4, -0.2) is 35.5 Å². The number of primary amides is 1. The summed E-state index contributed by atoms with van der Waals surface area (Å²) in [6, 6.07) is 17.9. The number of likely N-dealkylation sites (N-methyl/N-ethyl adjacent to an activating group) is 1. The van der Waals surface area contributed by atoms with Gasteiger partial charge >= 0.3 is 6.09 Å². The Balaban J connectivity index is 1.60. The maximum absolute atomic E-state index is 12.6. The predicted octanol–water partition coefficient (Wildman–Crippen LogP) is 5.49. The first kappa shape index (κ1) is 24.2. The topological polar surface area (TPSA) is 85.5 Å². The minimum absolute atomic E-state index is 0.408. The standard InChI is InChI=1S/C28H27N3O3/c1-20(7-4-8-21(2)22-13-15-30-16-14-22)19-31(3)28(33)34-26-12-6-10-24(18-26)23-9-5-11-25(17-23)27(29)32/h4-18H,2,19H2,1,3H3,(H2,29,32)/b8-4-,20-7+. The van der Waals surface area contributed by atoms with Crippen LogP contribution in [0.4, 0.5) is 4.79 Å². The summed E-state index contributed by atoms with van der Waals surface area (Å²) in [5, 5.41) is 0. The Morgan fingerprint density at radius 2 is 1.71 bits per heavy atom. The summed E-state index contributed by atoms with van der Waals surface area (Å²) in [5.74, 6) is -0.0833. The van der Waals surface area contributed by atoms with Crippen LogP contribution in [0.3, 0.4) is 0 Å². The largest absolute Gasteiger partial charge is 0.415 e. The van der Waals surface area contributed by atoms with Crippen LogP contribution in [0.15, 0.2) is 103 Å². The number of aromatic nitrogens is 1. The zero-order valence-electron chi connectivity index (χ0n) is 19.3. The maximum Gasteiger partial charge on any atom is 0.415 e. The lowest BCUT2D eigenvalue weighted by molar-refractivity contribution is 0.1000. The molecule has 2 aromatic carbocycles. The van der Waals surface area contributed by atoms with Crippen molar-refractivity contribution in [3.05, 3.63) is 115 Å². The molecule has 2 N–H and O–H groups in total. The van der Waals surface area contributed by atoms with Gasteiger partial charge in [-0.1, -0.05) is 54.6 Å². The number of allylic oxidation sites excluding steroid dienone is 4. The minimum Gasteiger partial charge on any atom is -0.410 e. The SMILES string of the molecule is C=C(/C=C\C=C(/C)CN(C)C(=O)Oc1cccc(-c2cccc(C(N)=O)c2)c1)c1ccncc1. The van der Waals surface area contributed by atoms with Gasteiger partial charge in [0.15, 0.2) is 0 Å². The second kappa shape index (κ2) is 11.4. The molecule has 0 unspecified atom stereocenters. The molecule has 3 rings (SSSR count). The van der Waals surface area contributed by atoms with E-state index in [0.717, 1.165) is 27.8 Å². The average Bonchev–Trinajstić information content (AvgIpc) is 2.84. The maximum atomic E-state index is 12.6. The van der Waals surface area contributed by atoms with Crippen LogP contribution in [0.1, 0.15) is 22.8 Å². The van der Waals surface area contributed by atoms with Crippen LogP contribution in [0, 0.1) is 0 Å². The molecule has 0 bridgehead atoms. The van der Waals surface area contributed by atoms with Gasteiger partial charge in [-0.2, -0.15) is 0 Å². The zero-order valence-corrected chi connectivity index (χ0v) is 19.3. The fourth-order valence-corrected chi connectivity index (χ4v) is 3.25. The smallest absolute Gasteiger partial charge is 0.410 e. The van der Waals surface area contributed by atoms with Gasteiger partial charge in [0.1, 0.15) is 5.75 Å². The first-order chi connectivity index (χ1) is 16.3. The Hall–Kier alpha value is -4.45. The highest BCUT2D eigenvalue weighted by atomic mass is 16.6. The Morgan fingerprint density at radius 3 is 2.41 bits per heavy atom.